The Morgan fingerprint density at radius 3 is 1.38 bits per heavy atom. The fraction of sp³-hybridized carbons (Fsp3) is 0.905. The SMILES string of the molecule is CCCCC/C=C\C/C=C\CCCCCCCCC1(CCCCCCCCCCCCCCCCCC)OC[C@H](N)CC(C)O1. The molecule has 0 spiro atoms. The summed E-state index contributed by atoms with van der Waals surface area (Å²) in [5.74, 6) is -0.404. The van der Waals surface area contributed by atoms with Crippen molar-refractivity contribution in [2.75, 3.05) is 6.61 Å². The minimum absolute atomic E-state index is 0.100. The Labute approximate surface area is 283 Å². The molecule has 1 aliphatic rings. The Balaban J connectivity index is 2.11. The summed E-state index contributed by atoms with van der Waals surface area (Å²) in [4.78, 5) is 0. The molecule has 2 N–H and O–H groups in total. The summed E-state index contributed by atoms with van der Waals surface area (Å²) < 4.78 is 13.1. The molecule has 0 saturated carbocycles. The Kier molecular flexibility index (Phi) is 30.1. The van der Waals surface area contributed by atoms with E-state index >= 15 is 0 Å². The monoisotopic (exact) mass is 632 g/mol. The molecule has 0 radical (unpaired) electrons. The Morgan fingerprint density at radius 1 is 0.533 bits per heavy atom. The first kappa shape index (κ1) is 42.4. The van der Waals surface area contributed by atoms with Gasteiger partial charge in [-0.1, -0.05) is 173 Å². The molecule has 266 valence electrons. The van der Waals surface area contributed by atoms with E-state index in [0.29, 0.717) is 6.61 Å². The van der Waals surface area contributed by atoms with Gasteiger partial charge in [0, 0.05) is 18.9 Å². The highest BCUT2D eigenvalue weighted by molar-refractivity contribution is 4.92. The lowest BCUT2D eigenvalue weighted by molar-refractivity contribution is -0.252. The van der Waals surface area contributed by atoms with Gasteiger partial charge in [-0.15, -0.1) is 0 Å². The van der Waals surface area contributed by atoms with Crippen LogP contribution in [0.25, 0.3) is 0 Å². The van der Waals surface area contributed by atoms with Crippen molar-refractivity contribution >= 4 is 0 Å². The standard InChI is InChI=1S/C42H81NO2/c1-4-6-8-10-12-14-16-18-20-22-24-26-28-30-32-34-36-42(44-39-41(43)38-40(3)45-42)37-35-33-31-29-27-25-23-21-19-17-15-13-11-9-7-5-2/h12,14,18,20,40-41H,4-11,13,15-17,19,21-39,43H2,1-3H3/b14-12-,20-18-/t40?,41-,42?/m1/s1. The number of nitrogens with two attached hydrogens (primary N) is 1. The maximum Gasteiger partial charge on any atom is 0.168 e. The first-order chi connectivity index (χ1) is 22.1. The van der Waals surface area contributed by atoms with Crippen molar-refractivity contribution in [1.29, 1.82) is 0 Å². The minimum Gasteiger partial charge on any atom is -0.348 e. The zero-order chi connectivity index (χ0) is 32.5. The summed E-state index contributed by atoms with van der Waals surface area (Å²) in [6.07, 6.45) is 50.4. The first-order valence-electron chi connectivity index (χ1n) is 20.5. The van der Waals surface area contributed by atoms with Gasteiger partial charge < -0.3 is 15.2 Å². The predicted octanol–water partition coefficient (Wildman–Crippen LogP) is 13.7. The molecule has 1 heterocycles. The van der Waals surface area contributed by atoms with Crippen molar-refractivity contribution in [3.8, 4) is 0 Å². The van der Waals surface area contributed by atoms with Gasteiger partial charge in [0.05, 0.1) is 12.7 Å². The molecular formula is C42H81NO2. The number of rotatable bonds is 32. The van der Waals surface area contributed by atoms with Crippen molar-refractivity contribution < 1.29 is 9.47 Å². The minimum atomic E-state index is -0.404. The van der Waals surface area contributed by atoms with E-state index in [9.17, 15) is 0 Å². The molecule has 2 unspecified atom stereocenters. The zero-order valence-electron chi connectivity index (χ0n) is 31.0. The second-order valence-corrected chi connectivity index (χ2v) is 14.5. The van der Waals surface area contributed by atoms with Crippen molar-refractivity contribution in [2.24, 2.45) is 5.73 Å². The topological polar surface area (TPSA) is 44.5 Å². The summed E-state index contributed by atoms with van der Waals surface area (Å²) in [6.45, 7) is 7.40. The van der Waals surface area contributed by atoms with E-state index in [1.165, 1.54) is 173 Å². The molecule has 0 aromatic rings. The van der Waals surface area contributed by atoms with Crippen LogP contribution in [0.1, 0.15) is 220 Å². The largest absolute Gasteiger partial charge is 0.348 e. The van der Waals surface area contributed by atoms with E-state index in [1.807, 2.05) is 0 Å². The molecule has 0 aliphatic carbocycles. The summed E-state index contributed by atoms with van der Waals surface area (Å²) in [5.41, 5.74) is 6.31. The molecule has 1 saturated heterocycles. The van der Waals surface area contributed by atoms with Crippen molar-refractivity contribution in [3.05, 3.63) is 24.3 Å². The molecule has 3 atom stereocenters. The molecule has 1 aliphatic heterocycles. The van der Waals surface area contributed by atoms with Crippen LogP contribution in [0.4, 0.5) is 0 Å². The number of ether oxygens (including phenoxy) is 2. The molecule has 3 nitrogen and oxygen atoms in total. The van der Waals surface area contributed by atoms with Gasteiger partial charge in [-0.25, -0.2) is 0 Å². The Bertz CT molecular complexity index is 661. The van der Waals surface area contributed by atoms with Crippen LogP contribution >= 0.6 is 0 Å². The number of hydrogen-bond donors (Lipinski definition) is 1. The van der Waals surface area contributed by atoms with Crippen molar-refractivity contribution in [2.45, 2.75) is 238 Å². The quantitative estimate of drug-likeness (QED) is 0.0593. The van der Waals surface area contributed by atoms with Gasteiger partial charge in [0.2, 0.25) is 0 Å². The second kappa shape index (κ2) is 31.9. The van der Waals surface area contributed by atoms with E-state index in [4.69, 9.17) is 15.2 Å². The predicted molar refractivity (Wildman–Crippen MR) is 200 cm³/mol. The molecule has 3 heteroatoms. The van der Waals surface area contributed by atoms with Crippen LogP contribution < -0.4 is 5.73 Å². The molecule has 1 rings (SSSR count). The third kappa shape index (κ3) is 27.1. The van der Waals surface area contributed by atoms with E-state index in [-0.39, 0.29) is 12.1 Å². The van der Waals surface area contributed by atoms with Gasteiger partial charge in [0.1, 0.15) is 0 Å². The number of hydrogen-bond acceptors (Lipinski definition) is 3. The van der Waals surface area contributed by atoms with Gasteiger partial charge >= 0.3 is 0 Å². The van der Waals surface area contributed by atoms with Crippen LogP contribution in [0, 0.1) is 0 Å². The summed E-state index contributed by atoms with van der Waals surface area (Å²) in [5, 5.41) is 0. The summed E-state index contributed by atoms with van der Waals surface area (Å²) >= 11 is 0. The number of allylic oxidation sites excluding steroid dienone is 4. The third-order valence-corrected chi connectivity index (χ3v) is 9.78. The fourth-order valence-corrected chi connectivity index (χ4v) is 6.91. The zero-order valence-corrected chi connectivity index (χ0v) is 31.0. The van der Waals surface area contributed by atoms with Crippen LogP contribution in [-0.2, 0) is 9.47 Å². The Hall–Kier alpha value is -0.640. The van der Waals surface area contributed by atoms with Crippen molar-refractivity contribution in [3.63, 3.8) is 0 Å². The van der Waals surface area contributed by atoms with Gasteiger partial charge in [0.15, 0.2) is 5.79 Å². The van der Waals surface area contributed by atoms with Gasteiger partial charge in [0.25, 0.3) is 0 Å². The van der Waals surface area contributed by atoms with Crippen LogP contribution in [-0.4, -0.2) is 24.5 Å². The molecule has 45 heavy (non-hydrogen) atoms. The highest BCUT2D eigenvalue weighted by Crippen LogP contribution is 2.33. The summed E-state index contributed by atoms with van der Waals surface area (Å²) in [7, 11) is 0. The average Bonchev–Trinajstić information content (AvgIpc) is 3.17. The maximum absolute atomic E-state index is 6.60. The molecule has 0 bridgehead atoms. The normalized spacial score (nSPS) is 20.9. The van der Waals surface area contributed by atoms with E-state index < -0.39 is 5.79 Å². The van der Waals surface area contributed by atoms with Crippen LogP contribution in [0.2, 0.25) is 0 Å². The lowest BCUT2D eigenvalue weighted by atomic mass is 9.98. The molecule has 0 aromatic carbocycles. The Morgan fingerprint density at radius 2 is 0.911 bits per heavy atom. The number of unbranched alkanes of at least 4 members (excludes halogenated alkanes) is 24. The van der Waals surface area contributed by atoms with Gasteiger partial charge in [-0.3, -0.25) is 0 Å². The molecule has 0 amide bonds. The lowest BCUT2D eigenvalue weighted by Crippen LogP contribution is -2.38. The van der Waals surface area contributed by atoms with Crippen LogP contribution in [0.15, 0.2) is 24.3 Å². The first-order valence-corrected chi connectivity index (χ1v) is 20.5. The highest BCUT2D eigenvalue weighted by Gasteiger charge is 2.36. The maximum atomic E-state index is 6.60. The van der Waals surface area contributed by atoms with Crippen LogP contribution in [0.3, 0.4) is 0 Å². The molecular weight excluding hydrogens is 550 g/mol. The van der Waals surface area contributed by atoms with E-state index in [0.717, 1.165) is 25.7 Å². The highest BCUT2D eigenvalue weighted by atomic mass is 16.7. The van der Waals surface area contributed by atoms with Gasteiger partial charge in [-0.05, 0) is 58.3 Å². The smallest absolute Gasteiger partial charge is 0.168 e. The third-order valence-electron chi connectivity index (χ3n) is 9.78. The van der Waals surface area contributed by atoms with Gasteiger partial charge in [-0.2, -0.15) is 0 Å². The molecule has 0 aromatic heterocycles. The lowest BCUT2D eigenvalue weighted by Gasteiger charge is -2.34. The van der Waals surface area contributed by atoms with Crippen LogP contribution in [0.5, 0.6) is 0 Å². The van der Waals surface area contributed by atoms with E-state index in [2.05, 4.69) is 45.1 Å². The fourth-order valence-electron chi connectivity index (χ4n) is 6.91. The van der Waals surface area contributed by atoms with Crippen molar-refractivity contribution in [1.82, 2.24) is 0 Å². The molecule has 1 fully saturated rings. The average molecular weight is 632 g/mol. The van der Waals surface area contributed by atoms with E-state index in [1.54, 1.807) is 0 Å². The second-order valence-electron chi connectivity index (χ2n) is 14.5. The summed E-state index contributed by atoms with van der Waals surface area (Å²) in [6, 6.07) is 0.100.